The van der Waals surface area contributed by atoms with Crippen molar-refractivity contribution in [1.29, 1.82) is 0 Å². The molecule has 0 saturated heterocycles. The van der Waals surface area contributed by atoms with Crippen molar-refractivity contribution in [2.75, 3.05) is 25.1 Å². The minimum absolute atomic E-state index is 0.0884. The average molecular weight is 272 g/mol. The highest BCUT2D eigenvalue weighted by Crippen LogP contribution is 2.38. The maximum atomic E-state index is 12.0. The van der Waals surface area contributed by atoms with Gasteiger partial charge in [0.25, 0.3) is 0 Å². The van der Waals surface area contributed by atoms with Crippen LogP contribution in [0.3, 0.4) is 0 Å². The summed E-state index contributed by atoms with van der Waals surface area (Å²) in [4.78, 5) is 12.0. The largest absolute Gasteiger partial charge is 0.356 e. The van der Waals surface area contributed by atoms with Crippen LogP contribution >= 0.6 is 11.8 Å². The van der Waals surface area contributed by atoms with E-state index >= 15 is 0 Å². The molecule has 1 rings (SSSR count). The van der Waals surface area contributed by atoms with Gasteiger partial charge in [0.1, 0.15) is 0 Å². The Morgan fingerprint density at radius 3 is 2.61 bits per heavy atom. The third-order valence-corrected chi connectivity index (χ3v) is 4.88. The Hall–Kier alpha value is -0.220. The first-order chi connectivity index (χ1) is 8.62. The summed E-state index contributed by atoms with van der Waals surface area (Å²) >= 11 is 1.83. The van der Waals surface area contributed by atoms with Crippen molar-refractivity contribution in [3.63, 3.8) is 0 Å². The van der Waals surface area contributed by atoms with Crippen LogP contribution in [0.15, 0.2) is 0 Å². The van der Waals surface area contributed by atoms with E-state index in [0.29, 0.717) is 18.9 Å². The number of thioether (sulfide) groups is 1. The molecule has 1 aliphatic rings. The molecule has 0 aromatic carbocycles. The Morgan fingerprint density at radius 1 is 1.39 bits per heavy atom. The molecule has 4 heteroatoms. The van der Waals surface area contributed by atoms with Crippen molar-refractivity contribution in [3.8, 4) is 0 Å². The van der Waals surface area contributed by atoms with Crippen molar-refractivity contribution >= 4 is 17.7 Å². The molecule has 3 nitrogen and oxygen atoms in total. The van der Waals surface area contributed by atoms with Gasteiger partial charge in [-0.1, -0.05) is 26.2 Å². The molecular formula is C14H28N2OS. The highest BCUT2D eigenvalue weighted by Gasteiger charge is 2.32. The Bertz CT molecular complexity index is 252. The molecule has 0 aromatic heterocycles. The Kier molecular flexibility index (Phi) is 7.08. The lowest BCUT2D eigenvalue weighted by Gasteiger charge is -2.35. The molecule has 18 heavy (non-hydrogen) atoms. The van der Waals surface area contributed by atoms with Gasteiger partial charge < -0.3 is 11.1 Å². The summed E-state index contributed by atoms with van der Waals surface area (Å²) in [5.74, 6) is 1.84. The molecule has 1 unspecified atom stereocenters. The minimum atomic E-state index is 0.0884. The number of hydrogen-bond acceptors (Lipinski definition) is 3. The summed E-state index contributed by atoms with van der Waals surface area (Å²) < 4.78 is 0. The third kappa shape index (κ3) is 5.19. The zero-order valence-electron chi connectivity index (χ0n) is 11.8. The summed E-state index contributed by atoms with van der Waals surface area (Å²) in [5.41, 5.74) is 6.00. The molecule has 1 fully saturated rings. The summed E-state index contributed by atoms with van der Waals surface area (Å²) in [6.45, 7) is 3.62. The van der Waals surface area contributed by atoms with Crippen LogP contribution in [-0.4, -0.2) is 31.0 Å². The van der Waals surface area contributed by atoms with E-state index in [2.05, 4.69) is 18.5 Å². The van der Waals surface area contributed by atoms with Crippen LogP contribution in [0.2, 0.25) is 0 Å². The first-order valence-electron chi connectivity index (χ1n) is 7.07. The average Bonchev–Trinajstić information content (AvgIpc) is 2.38. The number of nitrogens with two attached hydrogens (primary N) is 1. The van der Waals surface area contributed by atoms with Gasteiger partial charge in [-0.15, -0.1) is 0 Å². The maximum Gasteiger partial charge on any atom is 0.220 e. The van der Waals surface area contributed by atoms with Crippen molar-refractivity contribution < 1.29 is 4.79 Å². The van der Waals surface area contributed by atoms with Crippen LogP contribution in [-0.2, 0) is 4.79 Å². The molecule has 0 radical (unpaired) electrons. The van der Waals surface area contributed by atoms with Crippen LogP contribution < -0.4 is 11.1 Å². The first-order valence-corrected chi connectivity index (χ1v) is 8.47. The predicted octanol–water partition coefficient (Wildman–Crippen LogP) is 2.40. The van der Waals surface area contributed by atoms with Crippen molar-refractivity contribution in [3.05, 3.63) is 0 Å². The number of amides is 1. The number of rotatable bonds is 7. The van der Waals surface area contributed by atoms with E-state index in [9.17, 15) is 4.79 Å². The van der Waals surface area contributed by atoms with Crippen LogP contribution in [0.5, 0.6) is 0 Å². The quantitative estimate of drug-likeness (QED) is 0.748. The van der Waals surface area contributed by atoms with E-state index < -0.39 is 0 Å². The van der Waals surface area contributed by atoms with Crippen LogP contribution in [0.1, 0.15) is 45.4 Å². The van der Waals surface area contributed by atoms with Crippen LogP contribution in [0, 0.1) is 11.3 Å². The summed E-state index contributed by atoms with van der Waals surface area (Å²) in [7, 11) is 0. The topological polar surface area (TPSA) is 55.1 Å². The van der Waals surface area contributed by atoms with Crippen molar-refractivity contribution in [2.45, 2.75) is 45.4 Å². The fourth-order valence-electron chi connectivity index (χ4n) is 2.79. The Morgan fingerprint density at radius 2 is 2.06 bits per heavy atom. The van der Waals surface area contributed by atoms with Gasteiger partial charge in [0.05, 0.1) is 0 Å². The van der Waals surface area contributed by atoms with Gasteiger partial charge >= 0.3 is 0 Å². The molecule has 0 aliphatic heterocycles. The van der Waals surface area contributed by atoms with E-state index in [1.807, 2.05) is 11.8 Å². The van der Waals surface area contributed by atoms with Crippen LogP contribution in [0.4, 0.5) is 0 Å². The monoisotopic (exact) mass is 272 g/mol. The molecular weight excluding hydrogens is 244 g/mol. The van der Waals surface area contributed by atoms with Crippen molar-refractivity contribution in [2.24, 2.45) is 17.1 Å². The van der Waals surface area contributed by atoms with E-state index in [-0.39, 0.29) is 11.3 Å². The second-order valence-electron chi connectivity index (χ2n) is 5.81. The number of carbonyl (C=O) groups is 1. The smallest absolute Gasteiger partial charge is 0.220 e. The molecule has 1 amide bonds. The normalized spacial score (nSPS) is 20.4. The SMILES string of the molecule is CSCC(C)CNC(=O)CC1(CN)CCCCC1. The molecule has 3 N–H and O–H groups in total. The molecule has 1 saturated carbocycles. The summed E-state index contributed by atoms with van der Waals surface area (Å²) in [5, 5.41) is 3.07. The lowest BCUT2D eigenvalue weighted by atomic mass is 9.71. The standard InChI is InChI=1S/C14H28N2OS/c1-12(10-18-2)9-16-13(17)8-14(11-15)6-4-3-5-7-14/h12H,3-11,15H2,1-2H3,(H,16,17). The summed E-state index contributed by atoms with van der Waals surface area (Å²) in [6.07, 6.45) is 8.72. The number of carbonyl (C=O) groups excluding carboxylic acids is 1. The zero-order valence-corrected chi connectivity index (χ0v) is 12.7. The second kappa shape index (κ2) is 8.05. The van der Waals surface area contributed by atoms with E-state index in [1.165, 1.54) is 19.3 Å². The molecule has 106 valence electrons. The van der Waals surface area contributed by atoms with Gasteiger partial charge in [-0.05, 0) is 42.7 Å². The summed E-state index contributed by atoms with van der Waals surface area (Å²) in [6, 6.07) is 0. The van der Waals surface area contributed by atoms with Gasteiger partial charge in [0.15, 0.2) is 0 Å². The maximum absolute atomic E-state index is 12.0. The minimum Gasteiger partial charge on any atom is -0.356 e. The molecule has 0 spiro atoms. The van der Waals surface area contributed by atoms with Gasteiger partial charge in [-0.2, -0.15) is 11.8 Å². The lowest BCUT2D eigenvalue weighted by Crippen LogP contribution is -2.39. The predicted molar refractivity (Wildman–Crippen MR) is 79.7 cm³/mol. The third-order valence-electron chi connectivity index (χ3n) is 3.98. The molecule has 1 atom stereocenters. The molecule has 0 bridgehead atoms. The first kappa shape index (κ1) is 15.8. The number of hydrogen-bond donors (Lipinski definition) is 2. The molecule has 0 aromatic rings. The fourth-order valence-corrected chi connectivity index (χ4v) is 3.48. The highest BCUT2D eigenvalue weighted by atomic mass is 32.2. The van der Waals surface area contributed by atoms with Gasteiger partial charge in [0, 0.05) is 13.0 Å². The molecule has 1 aliphatic carbocycles. The lowest BCUT2D eigenvalue weighted by molar-refractivity contribution is -0.124. The Balaban J connectivity index is 2.33. The highest BCUT2D eigenvalue weighted by molar-refractivity contribution is 7.98. The number of nitrogens with one attached hydrogen (secondary N) is 1. The van der Waals surface area contributed by atoms with E-state index in [4.69, 9.17) is 5.73 Å². The Labute approximate surface area is 116 Å². The van der Waals surface area contributed by atoms with Gasteiger partial charge in [-0.25, -0.2) is 0 Å². The molecule has 0 heterocycles. The van der Waals surface area contributed by atoms with E-state index in [1.54, 1.807) is 0 Å². The van der Waals surface area contributed by atoms with Gasteiger partial charge in [-0.3, -0.25) is 4.79 Å². The van der Waals surface area contributed by atoms with Crippen LogP contribution in [0.25, 0.3) is 0 Å². The zero-order chi connectivity index (χ0) is 13.4. The fraction of sp³-hybridized carbons (Fsp3) is 0.929. The van der Waals surface area contributed by atoms with Gasteiger partial charge in [0.2, 0.25) is 5.91 Å². The van der Waals surface area contributed by atoms with E-state index in [0.717, 1.165) is 25.1 Å². The van der Waals surface area contributed by atoms with Crippen molar-refractivity contribution in [1.82, 2.24) is 5.32 Å². The second-order valence-corrected chi connectivity index (χ2v) is 6.72.